The van der Waals surface area contributed by atoms with E-state index in [-0.39, 0.29) is 10.8 Å². The molecule has 0 saturated heterocycles. The second kappa shape index (κ2) is 13.7. The lowest BCUT2D eigenvalue weighted by Gasteiger charge is -2.63. The lowest BCUT2D eigenvalue weighted by atomic mass is 9.41. The van der Waals surface area contributed by atoms with E-state index in [9.17, 15) is 5.26 Å². The lowest BCUT2D eigenvalue weighted by molar-refractivity contribution is -0.0281. The molecule has 58 heavy (non-hydrogen) atoms. The zero-order chi connectivity index (χ0) is 38.7. The molecular weight excluding hydrogens is 705 g/mol. The quantitative estimate of drug-likeness (QED) is 0.163. The molecule has 2 unspecified atom stereocenters. The van der Waals surface area contributed by atoms with Gasteiger partial charge in [-0.05, 0) is 124 Å². The molecule has 4 aliphatic carbocycles. The van der Waals surface area contributed by atoms with Crippen molar-refractivity contribution in [3.63, 3.8) is 0 Å². The zero-order valence-corrected chi connectivity index (χ0v) is 32.4. The van der Waals surface area contributed by atoms with E-state index in [1.54, 1.807) is 0 Å². The highest BCUT2D eigenvalue weighted by Crippen LogP contribution is 2.66. The standard InChI is InChI=1S/C54H42N4/c55-34-36-10-12-40(13-11-36)42-20-24-48(25-21-42)53-30-37-28-38(31-53)33-54(32-37,35-53)49-26-22-43(23-27-49)41-14-17-45(18-15-41)51-56-50(44-7-2-1-3-8-44)57-52(58-51)47-19-16-39-6-4-5-9-46(39)29-47/h1-27,29,37-38H,28,30-33,35H2. The Hall–Kier alpha value is -6.70. The van der Waals surface area contributed by atoms with Crippen LogP contribution in [0, 0.1) is 23.2 Å². The maximum atomic E-state index is 9.24. The fraction of sp³-hybridized carbons (Fsp3) is 0.185. The van der Waals surface area contributed by atoms with Crippen LogP contribution in [0.15, 0.2) is 170 Å². The third-order valence-corrected chi connectivity index (χ3v) is 13.6. The van der Waals surface area contributed by atoms with Crippen LogP contribution in [0.25, 0.3) is 67.2 Å². The van der Waals surface area contributed by atoms with Gasteiger partial charge in [0.25, 0.3) is 0 Å². The first-order chi connectivity index (χ1) is 28.5. The van der Waals surface area contributed by atoms with E-state index in [1.807, 2.05) is 30.3 Å². The zero-order valence-electron chi connectivity index (χ0n) is 32.4. The van der Waals surface area contributed by atoms with Gasteiger partial charge in [0.2, 0.25) is 0 Å². The van der Waals surface area contributed by atoms with Gasteiger partial charge in [-0.2, -0.15) is 5.26 Å². The summed E-state index contributed by atoms with van der Waals surface area (Å²) in [5.41, 5.74) is 11.9. The molecule has 1 aromatic heterocycles. The summed E-state index contributed by atoms with van der Waals surface area (Å²) >= 11 is 0. The normalized spacial score (nSPS) is 21.8. The summed E-state index contributed by atoms with van der Waals surface area (Å²) in [6.07, 6.45) is 7.85. The molecule has 4 heteroatoms. The summed E-state index contributed by atoms with van der Waals surface area (Å²) in [5, 5.41) is 11.6. The monoisotopic (exact) mass is 746 g/mol. The van der Waals surface area contributed by atoms with Crippen molar-refractivity contribution in [1.82, 2.24) is 15.0 Å². The van der Waals surface area contributed by atoms with E-state index in [4.69, 9.17) is 15.0 Å². The van der Waals surface area contributed by atoms with Gasteiger partial charge in [-0.25, -0.2) is 15.0 Å². The number of benzene rings is 7. The molecule has 7 aromatic carbocycles. The summed E-state index contributed by atoms with van der Waals surface area (Å²) in [6.45, 7) is 0. The van der Waals surface area contributed by atoms with Gasteiger partial charge in [-0.15, -0.1) is 0 Å². The smallest absolute Gasteiger partial charge is 0.164 e. The van der Waals surface area contributed by atoms with E-state index in [1.165, 1.54) is 71.7 Å². The first-order valence-electron chi connectivity index (χ1n) is 20.6. The summed E-state index contributed by atoms with van der Waals surface area (Å²) < 4.78 is 0. The van der Waals surface area contributed by atoms with Crippen LogP contribution in [-0.4, -0.2) is 15.0 Å². The van der Waals surface area contributed by atoms with Gasteiger partial charge < -0.3 is 0 Å². The molecule has 2 atom stereocenters. The highest BCUT2D eigenvalue weighted by Gasteiger charge is 2.58. The van der Waals surface area contributed by atoms with E-state index in [0.717, 1.165) is 39.5 Å². The van der Waals surface area contributed by atoms with Gasteiger partial charge in [-0.3, -0.25) is 0 Å². The van der Waals surface area contributed by atoms with Crippen LogP contribution >= 0.6 is 0 Å². The average Bonchev–Trinajstić information content (AvgIpc) is 3.29. The second-order valence-corrected chi connectivity index (χ2v) is 17.2. The predicted octanol–water partition coefficient (Wildman–Crippen LogP) is 13.0. The number of nitriles is 1. The fourth-order valence-corrected chi connectivity index (χ4v) is 11.2. The Morgan fingerprint density at radius 2 is 0.828 bits per heavy atom. The van der Waals surface area contributed by atoms with E-state index in [2.05, 4.69) is 146 Å². The van der Waals surface area contributed by atoms with Gasteiger partial charge in [0.15, 0.2) is 17.5 Å². The van der Waals surface area contributed by atoms with Crippen LogP contribution in [0.4, 0.5) is 0 Å². The highest BCUT2D eigenvalue weighted by molar-refractivity contribution is 5.86. The van der Waals surface area contributed by atoms with E-state index < -0.39 is 0 Å². The lowest BCUT2D eigenvalue weighted by Crippen LogP contribution is -2.55. The Morgan fingerprint density at radius 3 is 1.36 bits per heavy atom. The molecule has 8 aromatic rings. The molecule has 0 spiro atoms. The topological polar surface area (TPSA) is 62.5 Å². The maximum absolute atomic E-state index is 9.24. The molecule has 4 saturated carbocycles. The van der Waals surface area contributed by atoms with Gasteiger partial charge in [-0.1, -0.05) is 152 Å². The summed E-state index contributed by atoms with van der Waals surface area (Å²) in [6, 6.07) is 62.8. The van der Waals surface area contributed by atoms with Crippen molar-refractivity contribution in [3.05, 3.63) is 187 Å². The number of nitrogens with zero attached hydrogens (tertiary/aromatic N) is 4. The Balaban J connectivity index is 0.866. The van der Waals surface area contributed by atoms with Crippen molar-refractivity contribution >= 4 is 10.8 Å². The molecule has 0 aliphatic heterocycles. The van der Waals surface area contributed by atoms with Crippen LogP contribution < -0.4 is 0 Å². The van der Waals surface area contributed by atoms with Crippen LogP contribution in [0.2, 0.25) is 0 Å². The minimum Gasteiger partial charge on any atom is -0.208 e. The van der Waals surface area contributed by atoms with Crippen LogP contribution in [0.3, 0.4) is 0 Å². The first-order valence-corrected chi connectivity index (χ1v) is 20.6. The summed E-state index contributed by atoms with van der Waals surface area (Å²) in [4.78, 5) is 15.0. The molecule has 4 aliphatic rings. The van der Waals surface area contributed by atoms with Crippen molar-refractivity contribution in [2.75, 3.05) is 0 Å². The molecule has 4 bridgehead atoms. The summed E-state index contributed by atoms with van der Waals surface area (Å²) in [7, 11) is 0. The summed E-state index contributed by atoms with van der Waals surface area (Å²) in [5.74, 6) is 3.57. The predicted molar refractivity (Wildman–Crippen MR) is 234 cm³/mol. The van der Waals surface area contributed by atoms with Crippen molar-refractivity contribution in [3.8, 4) is 62.5 Å². The van der Waals surface area contributed by atoms with Crippen LogP contribution in [0.5, 0.6) is 0 Å². The van der Waals surface area contributed by atoms with E-state index >= 15 is 0 Å². The maximum Gasteiger partial charge on any atom is 0.164 e. The third-order valence-electron chi connectivity index (χ3n) is 13.6. The molecule has 4 fully saturated rings. The molecule has 0 radical (unpaired) electrons. The molecule has 278 valence electrons. The van der Waals surface area contributed by atoms with Crippen LogP contribution in [-0.2, 0) is 10.8 Å². The molecule has 0 N–H and O–H groups in total. The van der Waals surface area contributed by atoms with Crippen molar-refractivity contribution < 1.29 is 0 Å². The molecule has 0 amide bonds. The first kappa shape index (κ1) is 34.5. The molecule has 1 heterocycles. The second-order valence-electron chi connectivity index (χ2n) is 17.2. The highest BCUT2D eigenvalue weighted by atomic mass is 15.0. The van der Waals surface area contributed by atoms with Gasteiger partial charge >= 0.3 is 0 Å². The SMILES string of the molecule is N#Cc1ccc(-c2ccc(C34CC5CC(C3)CC(c3ccc(-c6ccc(-c7nc(-c8ccccc8)nc(-c8ccc9ccccc9c8)n7)cc6)cc3)(C5)C4)cc2)cc1. The van der Waals surface area contributed by atoms with Crippen LogP contribution in [0.1, 0.15) is 55.2 Å². The third kappa shape index (κ3) is 6.10. The Kier molecular flexibility index (Phi) is 8.19. The largest absolute Gasteiger partial charge is 0.208 e. The Morgan fingerprint density at radius 1 is 0.414 bits per heavy atom. The van der Waals surface area contributed by atoms with Gasteiger partial charge in [0, 0.05) is 16.7 Å². The van der Waals surface area contributed by atoms with E-state index in [0.29, 0.717) is 23.0 Å². The minimum absolute atomic E-state index is 0.232. The number of rotatable bonds is 7. The average molecular weight is 747 g/mol. The van der Waals surface area contributed by atoms with Gasteiger partial charge in [0.05, 0.1) is 11.6 Å². The Bertz CT molecular complexity index is 2820. The van der Waals surface area contributed by atoms with Crippen molar-refractivity contribution in [1.29, 1.82) is 5.26 Å². The minimum atomic E-state index is 0.232. The molecular formula is C54H42N4. The molecule has 4 nitrogen and oxygen atoms in total. The number of hydrogen-bond acceptors (Lipinski definition) is 4. The number of hydrogen-bond donors (Lipinski definition) is 0. The van der Waals surface area contributed by atoms with Crippen molar-refractivity contribution in [2.24, 2.45) is 11.8 Å². The fourth-order valence-electron chi connectivity index (χ4n) is 11.2. The van der Waals surface area contributed by atoms with Gasteiger partial charge in [0.1, 0.15) is 0 Å². The molecule has 12 rings (SSSR count). The Labute approximate surface area is 340 Å². The number of fused-ring (bicyclic) bond motifs is 1. The van der Waals surface area contributed by atoms with Crippen molar-refractivity contribution in [2.45, 2.75) is 49.4 Å². The number of aromatic nitrogens is 3.